The van der Waals surface area contributed by atoms with E-state index in [1.165, 1.54) is 0 Å². The van der Waals surface area contributed by atoms with Crippen LogP contribution < -0.4 is 5.11 Å². The van der Waals surface area contributed by atoms with Gasteiger partial charge in [0.15, 0.2) is 0 Å². The Balaban J connectivity index is 2.61. The molecule has 2 fully saturated rings. The Labute approximate surface area is 89.0 Å². The molecule has 0 aromatic heterocycles. The van der Waals surface area contributed by atoms with Gasteiger partial charge < -0.3 is 15.1 Å². The van der Waals surface area contributed by atoms with E-state index < -0.39 is 16.8 Å². The molecule has 0 aliphatic heterocycles. The van der Waals surface area contributed by atoms with Crippen molar-refractivity contribution in [3.63, 3.8) is 0 Å². The summed E-state index contributed by atoms with van der Waals surface area (Å²) in [6, 6.07) is 0. The average Bonchev–Trinajstić information content (AvgIpc) is 2.46. The van der Waals surface area contributed by atoms with Crippen LogP contribution in [0.15, 0.2) is 5.16 Å². The second-order valence-electron chi connectivity index (χ2n) is 5.55. The van der Waals surface area contributed by atoms with Crippen LogP contribution in [0, 0.1) is 16.2 Å². The summed E-state index contributed by atoms with van der Waals surface area (Å²) >= 11 is 0. The van der Waals surface area contributed by atoms with E-state index in [-0.39, 0.29) is 5.41 Å². The molecule has 1 N–H and O–H groups in total. The Hall–Kier alpha value is -1.06. The van der Waals surface area contributed by atoms with Gasteiger partial charge in [-0.25, -0.2) is 0 Å². The number of carbonyl (C=O) groups excluding carboxylic acids is 1. The van der Waals surface area contributed by atoms with Crippen molar-refractivity contribution < 1.29 is 15.1 Å². The van der Waals surface area contributed by atoms with Crippen molar-refractivity contribution in [3.05, 3.63) is 0 Å². The molecule has 2 aliphatic carbocycles. The number of aliphatic carboxylic acids is 1. The third kappa shape index (κ3) is 0.840. The van der Waals surface area contributed by atoms with Gasteiger partial charge in [0.25, 0.3) is 0 Å². The second-order valence-corrected chi connectivity index (χ2v) is 5.55. The molecule has 0 heterocycles. The maximum absolute atomic E-state index is 11.4. The van der Waals surface area contributed by atoms with E-state index in [0.29, 0.717) is 18.6 Å². The van der Waals surface area contributed by atoms with Crippen LogP contribution in [0.1, 0.15) is 40.0 Å². The second kappa shape index (κ2) is 2.54. The molecule has 84 valence electrons. The zero-order chi connectivity index (χ0) is 11.5. The SMILES string of the molecule is CC12CCC(C(=O)[O-])(CC1=NO)C2(C)C. The zero-order valence-electron chi connectivity index (χ0n) is 9.33. The van der Waals surface area contributed by atoms with Crippen LogP contribution in [0.5, 0.6) is 0 Å². The third-order valence-corrected chi connectivity index (χ3v) is 5.25. The lowest BCUT2D eigenvalue weighted by Crippen LogP contribution is -2.47. The predicted octanol–water partition coefficient (Wildman–Crippen LogP) is 0.783. The monoisotopic (exact) mass is 210 g/mol. The molecule has 2 rings (SSSR count). The first-order valence-electron chi connectivity index (χ1n) is 5.25. The summed E-state index contributed by atoms with van der Waals surface area (Å²) in [7, 11) is 0. The molecule has 4 heteroatoms. The number of carbonyl (C=O) groups is 1. The highest BCUT2D eigenvalue weighted by molar-refractivity contribution is 6.00. The lowest BCUT2D eigenvalue weighted by Gasteiger charge is -2.40. The van der Waals surface area contributed by atoms with E-state index in [1.807, 2.05) is 20.8 Å². The molecule has 0 aromatic carbocycles. The minimum Gasteiger partial charge on any atom is -0.550 e. The van der Waals surface area contributed by atoms with Crippen molar-refractivity contribution in [1.82, 2.24) is 0 Å². The zero-order valence-corrected chi connectivity index (χ0v) is 9.33. The van der Waals surface area contributed by atoms with Gasteiger partial charge >= 0.3 is 0 Å². The molecule has 4 nitrogen and oxygen atoms in total. The molecule has 2 unspecified atom stereocenters. The van der Waals surface area contributed by atoms with Gasteiger partial charge in [0, 0.05) is 23.2 Å². The van der Waals surface area contributed by atoms with Crippen molar-refractivity contribution in [2.24, 2.45) is 21.4 Å². The summed E-state index contributed by atoms with van der Waals surface area (Å²) in [4.78, 5) is 11.4. The van der Waals surface area contributed by atoms with E-state index in [0.717, 1.165) is 6.42 Å². The highest BCUT2D eigenvalue weighted by atomic mass is 16.4. The predicted molar refractivity (Wildman–Crippen MR) is 52.4 cm³/mol. The Bertz CT molecular complexity index is 361. The van der Waals surface area contributed by atoms with Gasteiger partial charge in [0.1, 0.15) is 0 Å². The molecule has 2 atom stereocenters. The summed E-state index contributed by atoms with van der Waals surface area (Å²) in [5.74, 6) is -1.00. The molecular formula is C11H16NO3-. The van der Waals surface area contributed by atoms with Crippen LogP contribution in [0.3, 0.4) is 0 Å². The van der Waals surface area contributed by atoms with Crippen LogP contribution >= 0.6 is 0 Å². The number of carboxylic acids is 1. The topological polar surface area (TPSA) is 72.7 Å². The number of hydrogen-bond acceptors (Lipinski definition) is 4. The smallest absolute Gasteiger partial charge is 0.0644 e. The van der Waals surface area contributed by atoms with Gasteiger partial charge in [-0.05, 0) is 18.3 Å². The summed E-state index contributed by atoms with van der Waals surface area (Å²) in [6.45, 7) is 5.86. The van der Waals surface area contributed by atoms with E-state index in [9.17, 15) is 9.90 Å². The molecule has 0 spiro atoms. The van der Waals surface area contributed by atoms with Crippen molar-refractivity contribution in [2.75, 3.05) is 0 Å². The number of fused-ring (bicyclic) bond motifs is 2. The number of nitrogens with zero attached hydrogens (tertiary/aromatic N) is 1. The van der Waals surface area contributed by atoms with Gasteiger partial charge in [-0.1, -0.05) is 25.9 Å². The number of oxime groups is 1. The number of hydrogen-bond donors (Lipinski definition) is 1. The fraction of sp³-hybridized carbons (Fsp3) is 0.818. The van der Waals surface area contributed by atoms with E-state index >= 15 is 0 Å². The largest absolute Gasteiger partial charge is 0.550 e. The summed E-state index contributed by atoms with van der Waals surface area (Å²) in [6.07, 6.45) is 1.71. The van der Waals surface area contributed by atoms with E-state index in [4.69, 9.17) is 5.21 Å². The third-order valence-electron chi connectivity index (χ3n) is 5.25. The molecule has 0 saturated heterocycles. The average molecular weight is 210 g/mol. The maximum Gasteiger partial charge on any atom is 0.0644 e. The molecular weight excluding hydrogens is 194 g/mol. The molecule has 2 saturated carbocycles. The molecule has 2 bridgehead atoms. The molecule has 0 aromatic rings. The Morgan fingerprint density at radius 2 is 2.00 bits per heavy atom. The van der Waals surface area contributed by atoms with Crippen LogP contribution in [0.2, 0.25) is 0 Å². The Morgan fingerprint density at radius 3 is 2.33 bits per heavy atom. The fourth-order valence-corrected chi connectivity index (χ4v) is 3.49. The van der Waals surface area contributed by atoms with Gasteiger partial charge in [0.05, 0.1) is 5.71 Å². The minimum atomic E-state index is -1.00. The molecule has 0 radical (unpaired) electrons. The van der Waals surface area contributed by atoms with Gasteiger partial charge in [0.2, 0.25) is 0 Å². The van der Waals surface area contributed by atoms with Crippen molar-refractivity contribution in [2.45, 2.75) is 40.0 Å². The van der Waals surface area contributed by atoms with Crippen LogP contribution in [-0.4, -0.2) is 16.9 Å². The van der Waals surface area contributed by atoms with Crippen LogP contribution in [0.25, 0.3) is 0 Å². The van der Waals surface area contributed by atoms with Crippen molar-refractivity contribution in [1.29, 1.82) is 0 Å². The van der Waals surface area contributed by atoms with Crippen LogP contribution in [0.4, 0.5) is 0 Å². The summed E-state index contributed by atoms with van der Waals surface area (Å²) in [5, 5.41) is 23.6. The van der Waals surface area contributed by atoms with E-state index in [1.54, 1.807) is 0 Å². The minimum absolute atomic E-state index is 0.304. The number of rotatable bonds is 1. The summed E-state index contributed by atoms with van der Waals surface area (Å²) < 4.78 is 0. The van der Waals surface area contributed by atoms with Crippen molar-refractivity contribution >= 4 is 11.7 Å². The number of carboxylic acid groups (broad SMARTS) is 1. The Morgan fingerprint density at radius 1 is 1.40 bits per heavy atom. The van der Waals surface area contributed by atoms with E-state index in [2.05, 4.69) is 5.16 Å². The highest BCUT2D eigenvalue weighted by Crippen LogP contribution is 2.70. The standard InChI is InChI=1S/C11H17NO3/c1-9(2)10(3)4-5-11(9,8(13)14)6-7(10)12-15/h15H,4-6H2,1-3H3,(H,13,14)/p-1. The Kier molecular flexibility index (Phi) is 1.77. The maximum atomic E-state index is 11.4. The first-order chi connectivity index (χ1) is 6.82. The van der Waals surface area contributed by atoms with Gasteiger partial charge in [-0.3, -0.25) is 0 Å². The van der Waals surface area contributed by atoms with Crippen molar-refractivity contribution in [3.8, 4) is 0 Å². The normalized spacial score (nSPS) is 44.9. The first-order valence-corrected chi connectivity index (χ1v) is 5.25. The molecule has 0 amide bonds. The quantitative estimate of drug-likeness (QED) is 0.513. The van der Waals surface area contributed by atoms with Gasteiger partial charge in [-0.15, -0.1) is 0 Å². The lowest BCUT2D eigenvalue weighted by atomic mass is 9.65. The van der Waals surface area contributed by atoms with Gasteiger partial charge in [-0.2, -0.15) is 0 Å². The lowest BCUT2D eigenvalue weighted by molar-refractivity contribution is -0.323. The fourth-order valence-electron chi connectivity index (χ4n) is 3.49. The molecule has 15 heavy (non-hydrogen) atoms. The summed E-state index contributed by atoms with van der Waals surface area (Å²) in [5.41, 5.74) is -0.936. The first kappa shape index (κ1) is 10.5. The van der Waals surface area contributed by atoms with Crippen LogP contribution in [-0.2, 0) is 4.79 Å². The molecule has 2 aliphatic rings. The highest BCUT2D eigenvalue weighted by Gasteiger charge is 2.69.